The summed E-state index contributed by atoms with van der Waals surface area (Å²) < 4.78 is 1.64. The van der Waals surface area contributed by atoms with E-state index in [9.17, 15) is 4.79 Å². The Morgan fingerprint density at radius 3 is 2.63 bits per heavy atom. The van der Waals surface area contributed by atoms with Gasteiger partial charge in [-0.05, 0) is 31.2 Å². The highest BCUT2D eigenvalue weighted by atomic mass is 16.1. The van der Waals surface area contributed by atoms with Crippen LogP contribution in [-0.4, -0.2) is 22.2 Å². The monoisotopic (exact) mass is 258 g/mol. The highest BCUT2D eigenvalue weighted by molar-refractivity contribution is 5.92. The molecule has 0 aliphatic rings. The minimum atomic E-state index is -0.469. The van der Waals surface area contributed by atoms with Crippen LogP contribution >= 0.6 is 0 Å². The van der Waals surface area contributed by atoms with Gasteiger partial charge in [0.1, 0.15) is 0 Å². The predicted molar refractivity (Wildman–Crippen MR) is 74.2 cm³/mol. The quantitative estimate of drug-likeness (QED) is 0.856. The standard InChI is InChI=1S/C14H18N4O/c1-3-16-10(2)11-4-6-13(7-5-11)18-9-12(8-17-18)14(15)19/h4-10,16H,3H2,1-2H3,(H2,15,19). The average molecular weight is 258 g/mol. The molecule has 19 heavy (non-hydrogen) atoms. The summed E-state index contributed by atoms with van der Waals surface area (Å²) in [7, 11) is 0. The van der Waals surface area contributed by atoms with Crippen molar-refractivity contribution in [1.82, 2.24) is 15.1 Å². The third-order valence-electron chi connectivity index (χ3n) is 3.04. The van der Waals surface area contributed by atoms with Crippen LogP contribution in [0.25, 0.3) is 5.69 Å². The Hall–Kier alpha value is -2.14. The van der Waals surface area contributed by atoms with Crippen molar-refractivity contribution < 1.29 is 4.79 Å². The lowest BCUT2D eigenvalue weighted by Gasteiger charge is -2.13. The van der Waals surface area contributed by atoms with Gasteiger partial charge in [-0.1, -0.05) is 19.1 Å². The Bertz CT molecular complexity index is 559. The number of rotatable bonds is 5. The summed E-state index contributed by atoms with van der Waals surface area (Å²) in [4.78, 5) is 11.0. The van der Waals surface area contributed by atoms with Crippen molar-refractivity contribution >= 4 is 5.91 Å². The van der Waals surface area contributed by atoms with E-state index >= 15 is 0 Å². The summed E-state index contributed by atoms with van der Waals surface area (Å²) in [5.74, 6) is -0.469. The zero-order valence-electron chi connectivity index (χ0n) is 11.1. The van der Waals surface area contributed by atoms with Crippen LogP contribution in [0.1, 0.15) is 35.8 Å². The first-order valence-corrected chi connectivity index (χ1v) is 6.30. The SMILES string of the molecule is CCNC(C)c1ccc(-n2cc(C(N)=O)cn2)cc1. The van der Waals surface area contributed by atoms with Crippen molar-refractivity contribution in [3.05, 3.63) is 47.8 Å². The summed E-state index contributed by atoms with van der Waals surface area (Å²) in [6.07, 6.45) is 3.10. The van der Waals surface area contributed by atoms with Crippen molar-refractivity contribution in [2.24, 2.45) is 5.73 Å². The van der Waals surface area contributed by atoms with Crippen molar-refractivity contribution in [1.29, 1.82) is 0 Å². The van der Waals surface area contributed by atoms with Crippen molar-refractivity contribution in [2.75, 3.05) is 6.54 Å². The van der Waals surface area contributed by atoms with Crippen molar-refractivity contribution in [3.8, 4) is 5.69 Å². The smallest absolute Gasteiger partial charge is 0.251 e. The van der Waals surface area contributed by atoms with E-state index in [1.165, 1.54) is 11.8 Å². The largest absolute Gasteiger partial charge is 0.366 e. The highest BCUT2D eigenvalue weighted by Gasteiger charge is 2.07. The molecule has 100 valence electrons. The second kappa shape index (κ2) is 5.67. The number of aromatic nitrogens is 2. The Balaban J connectivity index is 2.19. The molecule has 5 nitrogen and oxygen atoms in total. The summed E-state index contributed by atoms with van der Waals surface area (Å²) in [6, 6.07) is 8.36. The Labute approximate surface area is 112 Å². The molecule has 0 aliphatic carbocycles. The molecule has 2 aromatic rings. The molecular formula is C14H18N4O. The molecule has 1 aromatic heterocycles. The molecular weight excluding hydrogens is 240 g/mol. The molecule has 0 radical (unpaired) electrons. The van der Waals surface area contributed by atoms with Gasteiger partial charge in [-0.2, -0.15) is 5.10 Å². The maximum Gasteiger partial charge on any atom is 0.251 e. The Kier molecular flexibility index (Phi) is 3.97. The molecule has 2 rings (SSSR count). The molecule has 1 heterocycles. The first-order valence-electron chi connectivity index (χ1n) is 6.30. The molecule has 0 saturated carbocycles. The minimum Gasteiger partial charge on any atom is -0.366 e. The average Bonchev–Trinajstić information content (AvgIpc) is 2.89. The summed E-state index contributed by atoms with van der Waals surface area (Å²) >= 11 is 0. The van der Waals surface area contributed by atoms with Gasteiger partial charge in [-0.15, -0.1) is 0 Å². The number of nitrogens with two attached hydrogens (primary N) is 1. The number of nitrogens with one attached hydrogen (secondary N) is 1. The second-order valence-electron chi connectivity index (χ2n) is 4.41. The van der Waals surface area contributed by atoms with Gasteiger partial charge in [0.05, 0.1) is 17.4 Å². The van der Waals surface area contributed by atoms with E-state index in [-0.39, 0.29) is 0 Å². The van der Waals surface area contributed by atoms with Crippen LogP contribution in [0.2, 0.25) is 0 Å². The second-order valence-corrected chi connectivity index (χ2v) is 4.41. The van der Waals surface area contributed by atoms with E-state index in [4.69, 9.17) is 5.73 Å². The number of hydrogen-bond donors (Lipinski definition) is 2. The molecule has 5 heteroatoms. The number of primary amides is 1. The lowest BCUT2D eigenvalue weighted by atomic mass is 10.1. The van der Waals surface area contributed by atoms with Gasteiger partial charge in [0.25, 0.3) is 5.91 Å². The van der Waals surface area contributed by atoms with Crippen LogP contribution in [0, 0.1) is 0 Å². The van der Waals surface area contributed by atoms with E-state index in [1.807, 2.05) is 24.3 Å². The minimum absolute atomic E-state index is 0.317. The molecule has 0 aliphatic heterocycles. The summed E-state index contributed by atoms with van der Waals surface area (Å²) in [5.41, 5.74) is 7.73. The van der Waals surface area contributed by atoms with Crippen LogP contribution < -0.4 is 11.1 Å². The third kappa shape index (κ3) is 3.00. The maximum atomic E-state index is 11.0. The predicted octanol–water partition coefficient (Wildman–Crippen LogP) is 1.64. The van der Waals surface area contributed by atoms with Gasteiger partial charge in [-0.25, -0.2) is 4.68 Å². The maximum absolute atomic E-state index is 11.0. The van der Waals surface area contributed by atoms with E-state index in [2.05, 4.69) is 24.3 Å². The van der Waals surface area contributed by atoms with E-state index in [0.717, 1.165) is 12.2 Å². The molecule has 0 bridgehead atoms. The van der Waals surface area contributed by atoms with Gasteiger partial charge in [-0.3, -0.25) is 4.79 Å². The van der Waals surface area contributed by atoms with Crippen LogP contribution in [0.4, 0.5) is 0 Å². The van der Waals surface area contributed by atoms with E-state index in [1.54, 1.807) is 10.9 Å². The summed E-state index contributed by atoms with van der Waals surface area (Å²) in [5, 5.41) is 7.48. The first-order chi connectivity index (χ1) is 9.11. The third-order valence-corrected chi connectivity index (χ3v) is 3.04. The van der Waals surface area contributed by atoms with Crippen LogP contribution in [0.3, 0.4) is 0 Å². The van der Waals surface area contributed by atoms with Gasteiger partial charge in [0, 0.05) is 12.2 Å². The van der Waals surface area contributed by atoms with Crippen LogP contribution in [0.5, 0.6) is 0 Å². The Morgan fingerprint density at radius 1 is 1.42 bits per heavy atom. The fraction of sp³-hybridized carbons (Fsp3) is 0.286. The zero-order valence-corrected chi connectivity index (χ0v) is 11.1. The lowest BCUT2D eigenvalue weighted by Crippen LogP contribution is -2.17. The molecule has 0 fully saturated rings. The number of benzene rings is 1. The normalized spacial score (nSPS) is 12.3. The van der Waals surface area contributed by atoms with Gasteiger partial charge < -0.3 is 11.1 Å². The fourth-order valence-corrected chi connectivity index (χ4v) is 1.93. The van der Waals surface area contributed by atoms with Crippen molar-refractivity contribution in [2.45, 2.75) is 19.9 Å². The van der Waals surface area contributed by atoms with Gasteiger partial charge in [0.15, 0.2) is 0 Å². The number of nitrogens with zero attached hydrogens (tertiary/aromatic N) is 2. The Morgan fingerprint density at radius 2 is 2.11 bits per heavy atom. The van der Waals surface area contributed by atoms with E-state index < -0.39 is 5.91 Å². The van der Waals surface area contributed by atoms with Crippen LogP contribution in [0.15, 0.2) is 36.7 Å². The molecule has 1 atom stereocenters. The van der Waals surface area contributed by atoms with Crippen molar-refractivity contribution in [3.63, 3.8) is 0 Å². The molecule has 0 spiro atoms. The topological polar surface area (TPSA) is 72.9 Å². The lowest BCUT2D eigenvalue weighted by molar-refractivity contribution is 0.100. The zero-order chi connectivity index (χ0) is 13.8. The van der Waals surface area contributed by atoms with E-state index in [0.29, 0.717) is 11.6 Å². The number of carbonyl (C=O) groups is 1. The fourth-order valence-electron chi connectivity index (χ4n) is 1.93. The number of amides is 1. The number of hydrogen-bond acceptors (Lipinski definition) is 3. The number of carbonyl (C=O) groups excluding carboxylic acids is 1. The van der Waals surface area contributed by atoms with Gasteiger partial charge >= 0.3 is 0 Å². The van der Waals surface area contributed by atoms with Crippen LogP contribution in [-0.2, 0) is 0 Å². The molecule has 0 saturated heterocycles. The molecule has 1 aromatic carbocycles. The molecule has 3 N–H and O–H groups in total. The molecule has 1 unspecified atom stereocenters. The first kappa shape index (κ1) is 13.3. The van der Waals surface area contributed by atoms with Gasteiger partial charge in [0.2, 0.25) is 0 Å². The summed E-state index contributed by atoms with van der Waals surface area (Å²) in [6.45, 7) is 5.14. The highest BCUT2D eigenvalue weighted by Crippen LogP contribution is 2.15. The molecule has 1 amide bonds.